The number of carbonyl (C=O) groups is 1. The molecule has 2 aromatic heterocycles. The van der Waals surface area contributed by atoms with Crippen LogP contribution in [-0.4, -0.2) is 34.9 Å². The zero-order valence-corrected chi connectivity index (χ0v) is 13.1. The van der Waals surface area contributed by atoms with Crippen molar-refractivity contribution in [1.29, 1.82) is 0 Å². The van der Waals surface area contributed by atoms with E-state index in [-0.39, 0.29) is 5.91 Å². The number of nitrogens with zero attached hydrogens (tertiary/aromatic N) is 3. The fourth-order valence-corrected chi connectivity index (χ4v) is 3.81. The third-order valence-electron chi connectivity index (χ3n) is 2.27. The summed E-state index contributed by atoms with van der Waals surface area (Å²) >= 11 is 4.66. The predicted octanol–water partition coefficient (Wildman–Crippen LogP) is 2.10. The Morgan fingerprint density at radius 2 is 2.32 bits per heavy atom. The number of likely N-dealkylation sites (N-methyl/N-ethyl adjacent to an activating group) is 1. The predicted molar refractivity (Wildman–Crippen MR) is 80.6 cm³/mol. The molecule has 0 aromatic carbocycles. The molecule has 0 spiro atoms. The van der Waals surface area contributed by atoms with Gasteiger partial charge in [0, 0.05) is 25.2 Å². The van der Waals surface area contributed by atoms with E-state index in [1.165, 1.54) is 22.7 Å². The minimum atomic E-state index is 0.0729. The van der Waals surface area contributed by atoms with Gasteiger partial charge in [0.1, 0.15) is 5.01 Å². The van der Waals surface area contributed by atoms with Crippen LogP contribution in [-0.2, 0) is 17.0 Å². The van der Waals surface area contributed by atoms with Crippen LogP contribution >= 0.6 is 34.4 Å². The molecule has 0 saturated carbocycles. The van der Waals surface area contributed by atoms with Gasteiger partial charge >= 0.3 is 0 Å². The summed E-state index contributed by atoms with van der Waals surface area (Å²) in [6, 6.07) is 0. The Bertz CT molecular complexity index is 564. The number of nitrogen functional groups attached to an aromatic ring is 1. The summed E-state index contributed by atoms with van der Waals surface area (Å²) in [5.41, 5.74) is 6.56. The number of rotatable bonds is 5. The lowest BCUT2D eigenvalue weighted by molar-refractivity contribution is -0.127. The van der Waals surface area contributed by atoms with Crippen LogP contribution in [0.1, 0.15) is 10.7 Å². The van der Waals surface area contributed by atoms with Crippen molar-refractivity contribution in [2.45, 2.75) is 16.4 Å². The first-order chi connectivity index (χ1) is 9.04. The first-order valence-electron chi connectivity index (χ1n) is 5.52. The second-order valence-corrected chi connectivity index (χ2v) is 7.28. The number of thioether (sulfide) groups is 1. The van der Waals surface area contributed by atoms with Crippen molar-refractivity contribution in [3.05, 3.63) is 22.3 Å². The summed E-state index contributed by atoms with van der Waals surface area (Å²) < 4.78 is 1.08. The first kappa shape index (κ1) is 14.3. The average Bonchev–Trinajstić information content (AvgIpc) is 2.95. The Kier molecular flexibility index (Phi) is 4.78. The molecule has 5 nitrogen and oxygen atoms in total. The molecule has 2 heterocycles. The van der Waals surface area contributed by atoms with E-state index in [9.17, 15) is 4.79 Å². The molecular weight excluding hydrogens is 300 g/mol. The smallest absolute Gasteiger partial charge is 0.228 e. The lowest BCUT2D eigenvalue weighted by atomic mass is 10.4. The van der Waals surface area contributed by atoms with Crippen LogP contribution in [0, 0.1) is 0 Å². The van der Waals surface area contributed by atoms with Crippen molar-refractivity contribution in [2.24, 2.45) is 0 Å². The zero-order valence-electron chi connectivity index (χ0n) is 10.6. The average molecular weight is 314 g/mol. The van der Waals surface area contributed by atoms with E-state index in [2.05, 4.69) is 9.97 Å². The van der Waals surface area contributed by atoms with Crippen molar-refractivity contribution in [2.75, 3.05) is 19.8 Å². The lowest BCUT2D eigenvalue weighted by Crippen LogP contribution is -2.23. The van der Waals surface area contributed by atoms with E-state index >= 15 is 0 Å². The van der Waals surface area contributed by atoms with Gasteiger partial charge in [-0.1, -0.05) is 11.3 Å². The number of carbonyl (C=O) groups excluding carboxylic acids is 1. The van der Waals surface area contributed by atoms with Crippen LogP contribution in [0.3, 0.4) is 0 Å². The van der Waals surface area contributed by atoms with Crippen LogP contribution in [0.25, 0.3) is 0 Å². The van der Waals surface area contributed by atoms with Crippen molar-refractivity contribution >= 4 is 45.5 Å². The van der Waals surface area contributed by atoms with Crippen LogP contribution in [0.4, 0.5) is 5.13 Å². The maximum Gasteiger partial charge on any atom is 0.228 e. The van der Waals surface area contributed by atoms with Gasteiger partial charge in [-0.05, 0) is 0 Å². The molecule has 2 rings (SSSR count). The summed E-state index contributed by atoms with van der Waals surface area (Å²) in [5.74, 6) is 0.845. The Hall–Kier alpha value is -1.12. The number of thiazole rings is 2. The molecule has 0 bridgehead atoms. The second kappa shape index (κ2) is 6.36. The molecule has 0 saturated heterocycles. The molecule has 102 valence electrons. The second-order valence-electron chi connectivity index (χ2n) is 4.00. The molecule has 2 aromatic rings. The molecule has 1 amide bonds. The fraction of sp³-hybridized carbons (Fsp3) is 0.364. The molecule has 0 atom stereocenters. The molecule has 19 heavy (non-hydrogen) atoms. The van der Waals surface area contributed by atoms with E-state index in [0.717, 1.165) is 20.7 Å². The van der Waals surface area contributed by atoms with Crippen molar-refractivity contribution in [3.63, 3.8) is 0 Å². The van der Waals surface area contributed by atoms with E-state index in [4.69, 9.17) is 5.73 Å². The lowest BCUT2D eigenvalue weighted by Gasteiger charge is -2.07. The summed E-state index contributed by atoms with van der Waals surface area (Å²) in [6.07, 6.45) is 2.14. The SMILES string of the molecule is CN(C)C(=O)Cc1nc(CSc2cnc(N)s2)cs1. The molecule has 2 N–H and O–H groups in total. The van der Waals surface area contributed by atoms with Crippen LogP contribution in [0.2, 0.25) is 0 Å². The van der Waals surface area contributed by atoms with Gasteiger partial charge in [-0.15, -0.1) is 23.1 Å². The Morgan fingerprint density at radius 1 is 1.53 bits per heavy atom. The van der Waals surface area contributed by atoms with Crippen molar-refractivity contribution in [3.8, 4) is 0 Å². The maximum absolute atomic E-state index is 11.6. The number of hydrogen-bond donors (Lipinski definition) is 1. The third-order valence-corrected chi connectivity index (χ3v) is 5.22. The Balaban J connectivity index is 1.88. The largest absolute Gasteiger partial charge is 0.375 e. The van der Waals surface area contributed by atoms with Crippen LogP contribution < -0.4 is 5.73 Å². The number of hydrogen-bond acceptors (Lipinski definition) is 7. The minimum absolute atomic E-state index is 0.0729. The van der Waals surface area contributed by atoms with Gasteiger partial charge in [0.25, 0.3) is 0 Å². The Labute approximate surface area is 123 Å². The van der Waals surface area contributed by atoms with Gasteiger partial charge in [0.2, 0.25) is 5.91 Å². The highest BCUT2D eigenvalue weighted by Gasteiger charge is 2.10. The highest BCUT2D eigenvalue weighted by atomic mass is 32.2. The summed E-state index contributed by atoms with van der Waals surface area (Å²) in [5, 5.41) is 3.44. The highest BCUT2D eigenvalue weighted by Crippen LogP contribution is 2.29. The van der Waals surface area contributed by atoms with Gasteiger partial charge in [-0.25, -0.2) is 9.97 Å². The molecular formula is C11H14N4OS3. The molecule has 0 radical (unpaired) electrons. The summed E-state index contributed by atoms with van der Waals surface area (Å²) in [7, 11) is 3.50. The monoisotopic (exact) mass is 314 g/mol. The molecule has 0 unspecified atom stereocenters. The van der Waals surface area contributed by atoms with E-state index in [1.807, 2.05) is 5.38 Å². The number of aromatic nitrogens is 2. The molecule has 8 heteroatoms. The molecule has 0 aliphatic rings. The van der Waals surface area contributed by atoms with E-state index < -0.39 is 0 Å². The van der Waals surface area contributed by atoms with Gasteiger partial charge in [-0.2, -0.15) is 0 Å². The van der Waals surface area contributed by atoms with Gasteiger partial charge < -0.3 is 10.6 Å². The minimum Gasteiger partial charge on any atom is -0.375 e. The summed E-state index contributed by atoms with van der Waals surface area (Å²) in [6.45, 7) is 0. The first-order valence-corrected chi connectivity index (χ1v) is 8.20. The number of amides is 1. The molecule has 0 aliphatic carbocycles. The van der Waals surface area contributed by atoms with Gasteiger partial charge in [0.05, 0.1) is 22.5 Å². The summed E-state index contributed by atoms with van der Waals surface area (Å²) in [4.78, 5) is 21.6. The van der Waals surface area contributed by atoms with Crippen LogP contribution in [0.5, 0.6) is 0 Å². The quantitative estimate of drug-likeness (QED) is 0.856. The third kappa shape index (κ3) is 4.19. The van der Waals surface area contributed by atoms with Crippen molar-refractivity contribution in [1.82, 2.24) is 14.9 Å². The van der Waals surface area contributed by atoms with E-state index in [1.54, 1.807) is 37.0 Å². The fourth-order valence-electron chi connectivity index (χ4n) is 1.27. The molecule has 0 fully saturated rings. The topological polar surface area (TPSA) is 72.1 Å². The standard InChI is InChI=1S/C11H14N4OS3/c1-15(2)9(16)3-8-14-7(5-17-8)6-18-10-4-13-11(12)19-10/h4-5H,3,6H2,1-2H3,(H2,12,13). The maximum atomic E-state index is 11.6. The van der Waals surface area contributed by atoms with Gasteiger partial charge in [0.15, 0.2) is 5.13 Å². The van der Waals surface area contributed by atoms with Gasteiger partial charge in [-0.3, -0.25) is 4.79 Å². The Morgan fingerprint density at radius 3 is 2.95 bits per heavy atom. The van der Waals surface area contributed by atoms with Crippen LogP contribution in [0.15, 0.2) is 15.8 Å². The highest BCUT2D eigenvalue weighted by molar-refractivity contribution is 8.00. The van der Waals surface area contributed by atoms with Crippen molar-refractivity contribution < 1.29 is 4.79 Å². The zero-order chi connectivity index (χ0) is 13.8. The number of nitrogens with two attached hydrogens (primary N) is 1. The number of anilines is 1. The van der Waals surface area contributed by atoms with E-state index in [0.29, 0.717) is 11.6 Å². The molecule has 0 aliphatic heterocycles. The normalized spacial score (nSPS) is 10.6.